The molecular weight excluding hydrogens is 373 g/mol. The molecule has 0 aliphatic heterocycles. The Morgan fingerprint density at radius 2 is 2.05 bits per heavy atom. The van der Waals surface area contributed by atoms with E-state index >= 15 is 0 Å². The summed E-state index contributed by atoms with van der Waals surface area (Å²) in [7, 11) is 0. The minimum Gasteiger partial charge on any atom is -0.324 e. The molecule has 1 atom stereocenters. The van der Waals surface area contributed by atoms with Crippen molar-refractivity contribution in [3.05, 3.63) is 49.7 Å². The van der Waals surface area contributed by atoms with Gasteiger partial charge in [-0.25, -0.2) is 0 Å². The van der Waals surface area contributed by atoms with E-state index in [2.05, 4.69) is 34.9 Å². The average molecular weight is 391 g/mol. The van der Waals surface area contributed by atoms with Crippen LogP contribution < -0.4 is 5.73 Å². The van der Waals surface area contributed by atoms with Gasteiger partial charge in [-0.05, 0) is 53.0 Å². The number of aromatic nitrogens is 2. The van der Waals surface area contributed by atoms with Crippen LogP contribution in [-0.2, 0) is 19.4 Å². The van der Waals surface area contributed by atoms with Crippen LogP contribution in [0.1, 0.15) is 36.8 Å². The Balaban J connectivity index is 2.33. The second kappa shape index (κ2) is 7.14. The van der Waals surface area contributed by atoms with Crippen molar-refractivity contribution >= 4 is 39.1 Å². The first-order valence-electron chi connectivity index (χ1n) is 6.92. The molecule has 3 nitrogen and oxygen atoms in total. The summed E-state index contributed by atoms with van der Waals surface area (Å²) in [6.45, 7) is 4.97. The largest absolute Gasteiger partial charge is 0.324 e. The van der Waals surface area contributed by atoms with E-state index in [4.69, 9.17) is 28.9 Å². The molecule has 0 radical (unpaired) electrons. The second-order valence-electron chi connectivity index (χ2n) is 4.85. The molecule has 1 heterocycles. The van der Waals surface area contributed by atoms with E-state index in [1.807, 2.05) is 10.7 Å². The summed E-state index contributed by atoms with van der Waals surface area (Å²) in [6.07, 6.45) is 1.54. The monoisotopic (exact) mass is 389 g/mol. The molecule has 0 amide bonds. The number of nitrogens with two attached hydrogens (primary N) is 1. The molecule has 0 aliphatic rings. The van der Waals surface area contributed by atoms with Gasteiger partial charge in [0.1, 0.15) is 0 Å². The SMILES string of the molecule is CCc1nn(CC)c(CC(N)c2cc(Cl)ccc2Cl)c1Br. The van der Waals surface area contributed by atoms with Crippen LogP contribution in [0, 0.1) is 0 Å². The Labute approximate surface area is 143 Å². The highest BCUT2D eigenvalue weighted by Crippen LogP contribution is 2.30. The van der Waals surface area contributed by atoms with E-state index < -0.39 is 0 Å². The molecule has 2 N–H and O–H groups in total. The topological polar surface area (TPSA) is 43.8 Å². The lowest BCUT2D eigenvalue weighted by molar-refractivity contribution is 0.584. The summed E-state index contributed by atoms with van der Waals surface area (Å²) >= 11 is 15.9. The van der Waals surface area contributed by atoms with Crippen LogP contribution in [0.2, 0.25) is 10.0 Å². The fraction of sp³-hybridized carbons (Fsp3) is 0.400. The molecular formula is C15H18BrCl2N3. The highest BCUT2D eigenvalue weighted by molar-refractivity contribution is 9.10. The fourth-order valence-electron chi connectivity index (χ4n) is 2.33. The quantitative estimate of drug-likeness (QED) is 0.798. The number of aryl methyl sites for hydroxylation is 2. The van der Waals surface area contributed by atoms with Crippen molar-refractivity contribution in [3.63, 3.8) is 0 Å². The lowest BCUT2D eigenvalue weighted by atomic mass is 10.0. The molecule has 1 aromatic carbocycles. The molecule has 0 bridgehead atoms. The van der Waals surface area contributed by atoms with Crippen LogP contribution >= 0.6 is 39.1 Å². The number of nitrogens with zero attached hydrogens (tertiary/aromatic N) is 2. The van der Waals surface area contributed by atoms with Gasteiger partial charge in [0, 0.05) is 29.1 Å². The van der Waals surface area contributed by atoms with Crippen LogP contribution in [0.25, 0.3) is 0 Å². The summed E-state index contributed by atoms with van der Waals surface area (Å²) in [5.41, 5.74) is 9.34. The highest BCUT2D eigenvalue weighted by atomic mass is 79.9. The Morgan fingerprint density at radius 1 is 1.33 bits per heavy atom. The molecule has 2 rings (SSSR count). The summed E-state index contributed by atoms with van der Waals surface area (Å²) in [4.78, 5) is 0. The van der Waals surface area contributed by atoms with E-state index in [0.29, 0.717) is 16.5 Å². The van der Waals surface area contributed by atoms with Crippen molar-refractivity contribution in [2.24, 2.45) is 5.73 Å². The maximum absolute atomic E-state index is 6.33. The van der Waals surface area contributed by atoms with Gasteiger partial charge in [0.15, 0.2) is 0 Å². The van der Waals surface area contributed by atoms with Crippen LogP contribution in [0.15, 0.2) is 22.7 Å². The van der Waals surface area contributed by atoms with Gasteiger partial charge in [0.05, 0.1) is 15.9 Å². The van der Waals surface area contributed by atoms with Gasteiger partial charge >= 0.3 is 0 Å². The van der Waals surface area contributed by atoms with E-state index in [-0.39, 0.29) is 6.04 Å². The molecule has 0 fully saturated rings. The Kier molecular flexibility index (Phi) is 5.72. The summed E-state index contributed by atoms with van der Waals surface area (Å²) in [5, 5.41) is 5.87. The van der Waals surface area contributed by atoms with Crippen LogP contribution in [0.4, 0.5) is 0 Å². The zero-order valence-electron chi connectivity index (χ0n) is 12.0. The van der Waals surface area contributed by atoms with Crippen molar-refractivity contribution in [2.75, 3.05) is 0 Å². The molecule has 21 heavy (non-hydrogen) atoms. The smallest absolute Gasteiger partial charge is 0.0766 e. The standard InChI is InChI=1S/C15H18BrCl2N3/c1-3-13-15(16)14(21(4-2)20-13)8-12(19)10-7-9(17)5-6-11(10)18/h5-7,12H,3-4,8,19H2,1-2H3. The maximum atomic E-state index is 6.33. The summed E-state index contributed by atoms with van der Waals surface area (Å²) in [5.74, 6) is 0. The first kappa shape index (κ1) is 16.8. The molecule has 0 spiro atoms. The minimum absolute atomic E-state index is 0.223. The Bertz CT molecular complexity index is 640. The first-order chi connectivity index (χ1) is 9.97. The molecule has 0 aliphatic carbocycles. The number of hydrogen-bond donors (Lipinski definition) is 1. The molecule has 2 aromatic rings. The Hall–Kier alpha value is -0.550. The third kappa shape index (κ3) is 3.62. The van der Waals surface area contributed by atoms with Crippen molar-refractivity contribution in [1.29, 1.82) is 0 Å². The van der Waals surface area contributed by atoms with Crippen molar-refractivity contribution in [3.8, 4) is 0 Å². The summed E-state index contributed by atoms with van der Waals surface area (Å²) in [6, 6.07) is 5.15. The van der Waals surface area contributed by atoms with E-state index in [1.165, 1.54) is 0 Å². The van der Waals surface area contributed by atoms with Gasteiger partial charge in [0.2, 0.25) is 0 Å². The van der Waals surface area contributed by atoms with Crippen molar-refractivity contribution < 1.29 is 0 Å². The lowest BCUT2D eigenvalue weighted by Crippen LogP contribution is -2.17. The third-order valence-corrected chi connectivity index (χ3v) is 4.96. The maximum Gasteiger partial charge on any atom is 0.0766 e. The number of hydrogen-bond acceptors (Lipinski definition) is 2. The average Bonchev–Trinajstić information content (AvgIpc) is 2.77. The predicted octanol–water partition coefficient (Wildman–Crippen LogP) is 4.78. The molecule has 0 saturated carbocycles. The van der Waals surface area contributed by atoms with Gasteiger partial charge < -0.3 is 5.73 Å². The molecule has 1 aromatic heterocycles. The van der Waals surface area contributed by atoms with Crippen LogP contribution in [0.5, 0.6) is 0 Å². The third-order valence-electron chi connectivity index (χ3n) is 3.46. The van der Waals surface area contributed by atoms with Gasteiger partial charge in [-0.1, -0.05) is 30.1 Å². The minimum atomic E-state index is -0.223. The number of halogens is 3. The zero-order chi connectivity index (χ0) is 15.6. The first-order valence-corrected chi connectivity index (χ1v) is 8.47. The summed E-state index contributed by atoms with van der Waals surface area (Å²) < 4.78 is 3.03. The van der Waals surface area contributed by atoms with Gasteiger partial charge in [-0.3, -0.25) is 4.68 Å². The number of benzene rings is 1. The fourth-order valence-corrected chi connectivity index (χ4v) is 3.49. The zero-order valence-corrected chi connectivity index (χ0v) is 15.1. The van der Waals surface area contributed by atoms with Gasteiger partial charge in [-0.2, -0.15) is 5.10 Å². The van der Waals surface area contributed by atoms with E-state index in [9.17, 15) is 0 Å². The highest BCUT2D eigenvalue weighted by Gasteiger charge is 2.19. The predicted molar refractivity (Wildman–Crippen MR) is 92.1 cm³/mol. The molecule has 114 valence electrons. The second-order valence-corrected chi connectivity index (χ2v) is 6.49. The van der Waals surface area contributed by atoms with Gasteiger partial charge in [-0.15, -0.1) is 0 Å². The van der Waals surface area contributed by atoms with Crippen molar-refractivity contribution in [1.82, 2.24) is 9.78 Å². The Morgan fingerprint density at radius 3 is 2.67 bits per heavy atom. The van der Waals surface area contributed by atoms with E-state index in [1.54, 1.807) is 12.1 Å². The van der Waals surface area contributed by atoms with E-state index in [0.717, 1.165) is 34.4 Å². The normalized spacial score (nSPS) is 12.7. The lowest BCUT2D eigenvalue weighted by Gasteiger charge is -2.15. The number of rotatable bonds is 5. The molecule has 0 saturated heterocycles. The van der Waals surface area contributed by atoms with Crippen LogP contribution in [-0.4, -0.2) is 9.78 Å². The van der Waals surface area contributed by atoms with Crippen LogP contribution in [0.3, 0.4) is 0 Å². The molecule has 6 heteroatoms. The van der Waals surface area contributed by atoms with Crippen molar-refractivity contribution in [2.45, 2.75) is 39.3 Å². The van der Waals surface area contributed by atoms with Gasteiger partial charge in [0.25, 0.3) is 0 Å². The molecule has 1 unspecified atom stereocenters.